The van der Waals surface area contributed by atoms with Crippen LogP contribution in [0.3, 0.4) is 0 Å². The van der Waals surface area contributed by atoms with Gasteiger partial charge in [-0.2, -0.15) is 5.26 Å². The summed E-state index contributed by atoms with van der Waals surface area (Å²) in [7, 11) is 0. The molecule has 0 fully saturated rings. The fraction of sp³-hybridized carbons (Fsp3) is 0.143. The van der Waals surface area contributed by atoms with Crippen molar-refractivity contribution in [1.82, 2.24) is 0 Å². The molecule has 0 aliphatic rings. The van der Waals surface area contributed by atoms with Gasteiger partial charge in [0.15, 0.2) is 0 Å². The van der Waals surface area contributed by atoms with Crippen molar-refractivity contribution in [3.05, 3.63) is 51.9 Å². The third kappa shape index (κ3) is 2.41. The number of carbonyl (C=O) groups is 1. The molecule has 0 saturated heterocycles. The second-order valence-electron chi connectivity index (χ2n) is 4.03. The van der Waals surface area contributed by atoms with Crippen molar-refractivity contribution in [2.75, 3.05) is 5.32 Å². The van der Waals surface area contributed by atoms with Gasteiger partial charge in [0, 0.05) is 5.56 Å². The minimum atomic E-state index is -0.183. The Balaban J connectivity index is 2.23. The molecule has 0 aliphatic carbocycles. The van der Waals surface area contributed by atoms with Gasteiger partial charge in [-0.1, -0.05) is 6.07 Å². The van der Waals surface area contributed by atoms with E-state index in [1.165, 1.54) is 11.3 Å². The van der Waals surface area contributed by atoms with E-state index in [4.69, 9.17) is 5.26 Å². The van der Waals surface area contributed by atoms with Crippen LogP contribution in [0.25, 0.3) is 0 Å². The van der Waals surface area contributed by atoms with Crippen molar-refractivity contribution in [3.63, 3.8) is 0 Å². The summed E-state index contributed by atoms with van der Waals surface area (Å²) in [6.07, 6.45) is 0. The lowest BCUT2D eigenvalue weighted by Gasteiger charge is -2.06. The fourth-order valence-electron chi connectivity index (χ4n) is 1.55. The van der Waals surface area contributed by atoms with E-state index in [0.717, 1.165) is 11.1 Å². The molecule has 1 aromatic carbocycles. The summed E-state index contributed by atoms with van der Waals surface area (Å²) in [4.78, 5) is 12.0. The van der Waals surface area contributed by atoms with Gasteiger partial charge in [0.1, 0.15) is 11.1 Å². The lowest BCUT2D eigenvalue weighted by atomic mass is 10.1. The molecule has 1 N–H and O–H groups in total. The van der Waals surface area contributed by atoms with E-state index in [1.54, 1.807) is 17.5 Å². The maximum atomic E-state index is 12.0. The smallest absolute Gasteiger partial charge is 0.256 e. The topological polar surface area (TPSA) is 52.9 Å². The van der Waals surface area contributed by atoms with E-state index in [-0.39, 0.29) is 5.91 Å². The van der Waals surface area contributed by atoms with Gasteiger partial charge >= 0.3 is 0 Å². The molecule has 0 spiro atoms. The summed E-state index contributed by atoms with van der Waals surface area (Å²) < 4.78 is 0. The van der Waals surface area contributed by atoms with Crippen molar-refractivity contribution in [1.29, 1.82) is 5.26 Å². The van der Waals surface area contributed by atoms with E-state index in [9.17, 15) is 4.79 Å². The molecular weight excluding hydrogens is 244 g/mol. The number of anilines is 1. The second-order valence-corrected chi connectivity index (χ2v) is 4.94. The van der Waals surface area contributed by atoms with Gasteiger partial charge in [-0.3, -0.25) is 4.79 Å². The predicted molar refractivity (Wildman–Crippen MR) is 72.9 cm³/mol. The van der Waals surface area contributed by atoms with Gasteiger partial charge in [-0.15, -0.1) is 11.3 Å². The normalized spacial score (nSPS) is 9.83. The maximum absolute atomic E-state index is 12.0. The molecule has 2 aromatic rings. The fourth-order valence-corrected chi connectivity index (χ4v) is 2.28. The number of nitriles is 1. The molecule has 0 radical (unpaired) electrons. The molecule has 3 nitrogen and oxygen atoms in total. The van der Waals surface area contributed by atoms with Gasteiger partial charge in [0.25, 0.3) is 5.91 Å². The highest BCUT2D eigenvalue weighted by Gasteiger charge is 2.10. The van der Waals surface area contributed by atoms with Crippen LogP contribution in [0.2, 0.25) is 0 Å². The molecule has 1 amide bonds. The molecule has 4 heteroatoms. The zero-order valence-corrected chi connectivity index (χ0v) is 11.0. The second kappa shape index (κ2) is 5.03. The summed E-state index contributed by atoms with van der Waals surface area (Å²) in [6.45, 7) is 3.97. The number of aryl methyl sites for hydroxylation is 2. The van der Waals surface area contributed by atoms with Crippen LogP contribution < -0.4 is 5.32 Å². The number of hydrogen-bond donors (Lipinski definition) is 1. The number of benzene rings is 1. The van der Waals surface area contributed by atoms with E-state index in [1.807, 2.05) is 32.0 Å². The molecule has 0 saturated carbocycles. The Bertz CT molecular complexity index is 637. The standard InChI is InChI=1S/C14H12N2OS/c1-9-3-4-11(7-10(9)2)13(17)16-14-12(8-15)5-6-18-14/h3-7H,1-2H3,(H,16,17). The third-order valence-electron chi connectivity index (χ3n) is 2.78. The van der Waals surface area contributed by atoms with E-state index in [2.05, 4.69) is 5.32 Å². The van der Waals surface area contributed by atoms with Gasteiger partial charge < -0.3 is 5.32 Å². The Hall–Kier alpha value is -2.12. The van der Waals surface area contributed by atoms with Gasteiger partial charge in [-0.05, 0) is 48.6 Å². The van der Waals surface area contributed by atoms with E-state index in [0.29, 0.717) is 16.1 Å². The molecule has 0 atom stereocenters. The lowest BCUT2D eigenvalue weighted by molar-refractivity contribution is 0.102. The summed E-state index contributed by atoms with van der Waals surface area (Å²) in [6, 6.07) is 9.30. The highest BCUT2D eigenvalue weighted by molar-refractivity contribution is 7.14. The lowest BCUT2D eigenvalue weighted by Crippen LogP contribution is -2.11. The first-order chi connectivity index (χ1) is 8.61. The van der Waals surface area contributed by atoms with E-state index < -0.39 is 0 Å². The Morgan fingerprint density at radius 2 is 2.06 bits per heavy atom. The Morgan fingerprint density at radius 1 is 1.28 bits per heavy atom. The molecule has 18 heavy (non-hydrogen) atoms. The number of nitrogens with zero attached hydrogens (tertiary/aromatic N) is 1. The maximum Gasteiger partial charge on any atom is 0.256 e. The zero-order valence-electron chi connectivity index (χ0n) is 10.2. The van der Waals surface area contributed by atoms with Crippen LogP contribution in [0.15, 0.2) is 29.6 Å². The number of rotatable bonds is 2. The summed E-state index contributed by atoms with van der Waals surface area (Å²) in [5.74, 6) is -0.183. The average Bonchev–Trinajstić information content (AvgIpc) is 2.79. The number of nitrogens with one attached hydrogen (secondary N) is 1. The Labute approximate surface area is 110 Å². The van der Waals surface area contributed by atoms with E-state index >= 15 is 0 Å². The van der Waals surface area contributed by atoms with Gasteiger partial charge in [-0.25, -0.2) is 0 Å². The Morgan fingerprint density at radius 3 is 2.72 bits per heavy atom. The van der Waals surface area contributed by atoms with Crippen LogP contribution in [-0.4, -0.2) is 5.91 Å². The quantitative estimate of drug-likeness (QED) is 0.894. The van der Waals surface area contributed by atoms with Gasteiger partial charge in [0.05, 0.1) is 5.56 Å². The van der Waals surface area contributed by atoms with Crippen LogP contribution in [0, 0.1) is 25.2 Å². The van der Waals surface area contributed by atoms with Crippen molar-refractivity contribution < 1.29 is 4.79 Å². The Kier molecular flexibility index (Phi) is 3.45. The molecule has 0 aliphatic heterocycles. The third-order valence-corrected chi connectivity index (χ3v) is 3.61. The SMILES string of the molecule is Cc1ccc(C(=O)Nc2sccc2C#N)cc1C. The minimum Gasteiger partial charge on any atom is -0.312 e. The van der Waals surface area contributed by atoms with Crippen molar-refractivity contribution >= 4 is 22.2 Å². The van der Waals surface area contributed by atoms with Crippen LogP contribution in [0.1, 0.15) is 27.0 Å². The number of carbonyl (C=O) groups excluding carboxylic acids is 1. The highest BCUT2D eigenvalue weighted by atomic mass is 32.1. The number of amides is 1. The monoisotopic (exact) mass is 256 g/mol. The molecule has 1 aromatic heterocycles. The molecule has 2 rings (SSSR count). The van der Waals surface area contributed by atoms with Crippen LogP contribution >= 0.6 is 11.3 Å². The number of hydrogen-bond acceptors (Lipinski definition) is 3. The molecule has 1 heterocycles. The van der Waals surface area contributed by atoms with Crippen LogP contribution in [0.5, 0.6) is 0 Å². The van der Waals surface area contributed by atoms with Gasteiger partial charge in [0.2, 0.25) is 0 Å². The largest absolute Gasteiger partial charge is 0.312 e. The van der Waals surface area contributed by atoms with Crippen molar-refractivity contribution in [3.8, 4) is 6.07 Å². The zero-order chi connectivity index (χ0) is 13.1. The average molecular weight is 256 g/mol. The van der Waals surface area contributed by atoms with Crippen molar-refractivity contribution in [2.45, 2.75) is 13.8 Å². The summed E-state index contributed by atoms with van der Waals surface area (Å²) in [5.41, 5.74) is 3.34. The first kappa shape index (κ1) is 12.3. The minimum absolute atomic E-state index is 0.183. The molecule has 0 unspecified atom stereocenters. The first-order valence-electron chi connectivity index (χ1n) is 5.48. The summed E-state index contributed by atoms with van der Waals surface area (Å²) >= 11 is 1.35. The molecule has 90 valence electrons. The summed E-state index contributed by atoms with van der Waals surface area (Å²) in [5, 5.41) is 14.0. The van der Waals surface area contributed by atoms with Crippen molar-refractivity contribution in [2.24, 2.45) is 0 Å². The predicted octanol–water partition coefficient (Wildman–Crippen LogP) is 3.49. The highest BCUT2D eigenvalue weighted by Crippen LogP contribution is 2.23. The van der Waals surface area contributed by atoms with Crippen LogP contribution in [-0.2, 0) is 0 Å². The molecular formula is C14H12N2OS. The number of thiophene rings is 1. The van der Waals surface area contributed by atoms with Crippen LogP contribution in [0.4, 0.5) is 5.00 Å². The first-order valence-corrected chi connectivity index (χ1v) is 6.36. The molecule has 0 bridgehead atoms.